The molecule has 2 rings (SSSR count). The molecule has 0 saturated carbocycles. The van der Waals surface area contributed by atoms with Gasteiger partial charge < -0.3 is 37.7 Å². The number of ether oxygens (including phenoxy) is 4. The van der Waals surface area contributed by atoms with Crippen molar-refractivity contribution in [3.05, 3.63) is 37.6 Å². The molecule has 0 N–H and O–H groups in total. The van der Waals surface area contributed by atoms with Gasteiger partial charge in [0.15, 0.2) is 11.5 Å². The molecule has 8 heteroatoms. The minimum Gasteiger partial charge on any atom is -0.488 e. The number of fused-ring (bicyclic) bond motifs is 1. The van der Waals surface area contributed by atoms with Crippen LogP contribution in [-0.4, -0.2) is 95.0 Å². The van der Waals surface area contributed by atoms with E-state index in [0.29, 0.717) is 63.2 Å². The summed E-state index contributed by atoms with van der Waals surface area (Å²) in [6.07, 6.45) is 0.809. The minimum absolute atomic E-state index is 0. The van der Waals surface area contributed by atoms with Gasteiger partial charge in [-0.25, -0.2) is 0 Å². The molecular formula is C21H32N2O5U. The molecule has 0 saturated heterocycles. The average molecular weight is 631 g/mol. The Bertz CT molecular complexity index is 576. The molecule has 1 heterocycles. The van der Waals surface area contributed by atoms with Gasteiger partial charge in [-0.2, -0.15) is 0 Å². The number of benzene rings is 1. The summed E-state index contributed by atoms with van der Waals surface area (Å²) in [5.41, 5.74) is 0.564. The van der Waals surface area contributed by atoms with E-state index < -0.39 is 0 Å². The van der Waals surface area contributed by atoms with Crippen LogP contribution in [0.2, 0.25) is 0 Å². The summed E-state index contributed by atoms with van der Waals surface area (Å²) in [5, 5.41) is 0. The van der Waals surface area contributed by atoms with Crippen LogP contribution in [0.25, 0.3) is 0 Å². The zero-order chi connectivity index (χ0) is 20.0. The molecule has 0 aromatic heterocycles. The topological polar surface area (TPSA) is 60.5 Å². The molecule has 29 heavy (non-hydrogen) atoms. The Morgan fingerprint density at radius 1 is 0.966 bits per heavy atom. The number of carbonyl (C=O) groups excluding carboxylic acids is 1. The van der Waals surface area contributed by atoms with Gasteiger partial charge in [0.25, 0.3) is 0 Å². The fourth-order valence-electron chi connectivity index (χ4n) is 2.86. The second-order valence-corrected chi connectivity index (χ2v) is 6.43. The molecule has 0 radical (unpaired) electrons. The predicted octanol–water partition coefficient (Wildman–Crippen LogP) is 1.58. The normalized spacial score (nSPS) is 17.6. The van der Waals surface area contributed by atoms with Crippen molar-refractivity contribution < 1.29 is 54.9 Å². The van der Waals surface area contributed by atoms with Crippen LogP contribution in [0.3, 0.4) is 0 Å². The molecule has 0 aliphatic carbocycles. The van der Waals surface area contributed by atoms with Crippen molar-refractivity contribution in [3.8, 4) is 11.5 Å². The summed E-state index contributed by atoms with van der Waals surface area (Å²) >= 11 is 0. The molecule has 0 fully saturated rings. The third-order valence-electron chi connectivity index (χ3n) is 4.55. The van der Waals surface area contributed by atoms with Crippen LogP contribution in [-0.2, 0) is 9.47 Å². The van der Waals surface area contributed by atoms with Crippen LogP contribution in [0, 0.1) is 45.0 Å². The summed E-state index contributed by atoms with van der Waals surface area (Å²) in [6.45, 7) is 15.6. The molecule has 0 bridgehead atoms. The summed E-state index contributed by atoms with van der Waals surface area (Å²) in [6, 6.07) is 5.24. The third-order valence-corrected chi connectivity index (χ3v) is 4.55. The molecule has 0 unspecified atom stereocenters. The van der Waals surface area contributed by atoms with E-state index in [0.717, 1.165) is 39.0 Å². The van der Waals surface area contributed by atoms with Gasteiger partial charge >= 0.3 is 31.1 Å². The van der Waals surface area contributed by atoms with Crippen molar-refractivity contribution in [1.29, 1.82) is 0 Å². The summed E-state index contributed by atoms with van der Waals surface area (Å²) in [7, 11) is 0. The molecule has 160 valence electrons. The second-order valence-electron chi connectivity index (χ2n) is 6.43. The Hall–Kier alpha value is -0.618. The first-order valence-corrected chi connectivity index (χ1v) is 9.80. The number of nitrogens with zero attached hydrogens (tertiary/aromatic N) is 2. The van der Waals surface area contributed by atoms with Crippen molar-refractivity contribution in [2.24, 2.45) is 0 Å². The number of aldehydes is 1. The molecule has 1 aliphatic heterocycles. The Kier molecular flexibility index (Phi) is 14.7. The van der Waals surface area contributed by atoms with Crippen LogP contribution < -0.4 is 9.47 Å². The van der Waals surface area contributed by atoms with E-state index in [-0.39, 0.29) is 31.1 Å². The number of hydrogen-bond donors (Lipinski definition) is 0. The summed E-state index contributed by atoms with van der Waals surface area (Å²) in [5.74, 6) is 1.23. The average Bonchev–Trinajstić information content (AvgIpc) is 2.72. The second kappa shape index (κ2) is 16.1. The monoisotopic (exact) mass is 630 g/mol. The molecule has 0 atom stereocenters. The number of hydrogen-bond acceptors (Lipinski definition) is 7. The Morgan fingerprint density at radius 3 is 2.31 bits per heavy atom. The van der Waals surface area contributed by atoms with Gasteiger partial charge in [-0.3, -0.25) is 9.69 Å². The predicted molar refractivity (Wildman–Crippen MR) is 108 cm³/mol. The van der Waals surface area contributed by atoms with Crippen LogP contribution in [0.1, 0.15) is 10.4 Å². The maximum atomic E-state index is 11.1. The van der Waals surface area contributed by atoms with Crippen LogP contribution in [0.4, 0.5) is 0 Å². The molecule has 0 spiro atoms. The number of rotatable bonds is 6. The van der Waals surface area contributed by atoms with Gasteiger partial charge in [-0.15, -0.1) is 6.54 Å². The largest absolute Gasteiger partial charge is 2.00 e. The first-order valence-electron chi connectivity index (χ1n) is 9.80. The van der Waals surface area contributed by atoms with Gasteiger partial charge in [-0.05, 0) is 18.2 Å². The van der Waals surface area contributed by atoms with E-state index in [1.807, 2.05) is 0 Å². The van der Waals surface area contributed by atoms with Crippen molar-refractivity contribution in [3.63, 3.8) is 0 Å². The molecular weight excluding hydrogens is 598 g/mol. The zero-order valence-electron chi connectivity index (χ0n) is 17.1. The van der Waals surface area contributed by atoms with Crippen molar-refractivity contribution in [1.82, 2.24) is 9.80 Å². The van der Waals surface area contributed by atoms with Gasteiger partial charge in [0, 0.05) is 38.3 Å². The van der Waals surface area contributed by atoms with Crippen LogP contribution in [0.5, 0.6) is 11.5 Å². The van der Waals surface area contributed by atoms with Crippen molar-refractivity contribution >= 4 is 6.29 Å². The molecule has 1 aromatic carbocycles. The molecule has 1 aromatic rings. The van der Waals surface area contributed by atoms with Gasteiger partial charge in [-0.1, -0.05) is 6.61 Å². The molecule has 7 nitrogen and oxygen atoms in total. The van der Waals surface area contributed by atoms with E-state index in [1.54, 1.807) is 18.2 Å². The fourth-order valence-corrected chi connectivity index (χ4v) is 2.86. The molecule has 1 aliphatic rings. The minimum atomic E-state index is 0. The van der Waals surface area contributed by atoms with Gasteiger partial charge in [0.2, 0.25) is 0 Å². The maximum absolute atomic E-state index is 11.1. The Balaban J connectivity index is 0.00000420. The van der Waals surface area contributed by atoms with Gasteiger partial charge in [0.1, 0.15) is 19.5 Å². The van der Waals surface area contributed by atoms with Gasteiger partial charge in [0.05, 0.1) is 19.8 Å². The Morgan fingerprint density at radius 2 is 1.62 bits per heavy atom. The zero-order valence-corrected chi connectivity index (χ0v) is 21.3. The Labute approximate surface area is 198 Å². The summed E-state index contributed by atoms with van der Waals surface area (Å²) < 4.78 is 23.0. The van der Waals surface area contributed by atoms with Crippen LogP contribution in [0.15, 0.2) is 18.2 Å². The maximum Gasteiger partial charge on any atom is 2.00 e. The van der Waals surface area contributed by atoms with Crippen LogP contribution >= 0.6 is 0 Å². The van der Waals surface area contributed by atoms with Crippen molar-refractivity contribution in [2.45, 2.75) is 0 Å². The van der Waals surface area contributed by atoms with E-state index >= 15 is 0 Å². The van der Waals surface area contributed by atoms with E-state index in [1.165, 1.54) is 0 Å². The smallest absolute Gasteiger partial charge is 0.488 e. The number of carbonyl (C=O) groups is 1. The van der Waals surface area contributed by atoms with E-state index in [4.69, 9.17) is 18.9 Å². The first kappa shape index (κ1) is 26.4. The third kappa shape index (κ3) is 10.3. The fraction of sp³-hybridized carbons (Fsp3) is 0.571. The summed E-state index contributed by atoms with van der Waals surface area (Å²) in [4.78, 5) is 15.5. The van der Waals surface area contributed by atoms with E-state index in [2.05, 4.69) is 23.6 Å². The first-order chi connectivity index (χ1) is 13.8. The van der Waals surface area contributed by atoms with Crippen molar-refractivity contribution in [2.75, 3.05) is 78.9 Å². The SMILES string of the molecule is [CH2-]COCCN1CCOCCN(C[CH2-])CCOc2cc(C=O)ccc2OCC1.[U+2]. The standard InChI is InChI=1S/C21H32N2O5.U/c1-3-22-7-13-26-14-9-23(8-12-25-4-2)11-16-27-20-6-5-19(18-24)17-21(20)28-15-10-22;/h5-6,17-18H,1-4,7-16H2;/q-2;+2. The quantitative estimate of drug-likeness (QED) is 0.269. The van der Waals surface area contributed by atoms with E-state index in [9.17, 15) is 4.79 Å². The molecule has 0 amide bonds.